The van der Waals surface area contributed by atoms with Gasteiger partial charge in [0.1, 0.15) is 36.1 Å². The Morgan fingerprint density at radius 1 is 0.955 bits per heavy atom. The molecule has 0 saturated carbocycles. The maximum atomic E-state index is 13.4. The standard InChI is InChI=1S/C33H36ClFN6O3/c1-3-16-43-17-15-41(2)14-6-11-33(42)40-27-10-5-9-26(19-27)38-31-21-32(37-23-36-31)39-28-12-13-30(29(34)20-28)44-22-24-7-4-8-25(35)18-24/h4-13,18-21,23H,3,14-17,22H2,1-2H3,(H,40,42)(H2,36,37,38,39). The molecule has 0 spiro atoms. The Hall–Kier alpha value is -4.51. The van der Waals surface area contributed by atoms with Crippen molar-refractivity contribution in [3.63, 3.8) is 0 Å². The number of nitrogens with one attached hydrogen (secondary N) is 3. The largest absolute Gasteiger partial charge is 0.487 e. The minimum absolute atomic E-state index is 0.194. The zero-order chi connectivity index (χ0) is 31.1. The van der Waals surface area contributed by atoms with E-state index < -0.39 is 0 Å². The second-order valence-electron chi connectivity index (χ2n) is 9.95. The number of hydrogen-bond acceptors (Lipinski definition) is 8. The van der Waals surface area contributed by atoms with Gasteiger partial charge in [-0.15, -0.1) is 0 Å². The lowest BCUT2D eigenvalue weighted by Crippen LogP contribution is -2.23. The van der Waals surface area contributed by atoms with Crippen molar-refractivity contribution in [2.75, 3.05) is 49.3 Å². The Balaban J connectivity index is 1.28. The third-order valence-electron chi connectivity index (χ3n) is 6.21. The molecule has 1 amide bonds. The number of rotatable bonds is 16. The third kappa shape index (κ3) is 11.0. The Bertz CT molecular complexity index is 1550. The Labute approximate surface area is 262 Å². The van der Waals surface area contributed by atoms with Crippen molar-refractivity contribution in [3.8, 4) is 5.75 Å². The first-order valence-corrected chi connectivity index (χ1v) is 14.6. The predicted molar refractivity (Wildman–Crippen MR) is 174 cm³/mol. The van der Waals surface area contributed by atoms with Crippen LogP contribution in [0.4, 0.5) is 33.1 Å². The van der Waals surface area contributed by atoms with Crippen molar-refractivity contribution in [3.05, 3.63) is 108 Å². The summed E-state index contributed by atoms with van der Waals surface area (Å²) in [5.41, 5.74) is 2.79. The second-order valence-corrected chi connectivity index (χ2v) is 10.4. The molecular formula is C33H36ClFN6O3. The summed E-state index contributed by atoms with van der Waals surface area (Å²) in [6.07, 6.45) is 5.79. The van der Waals surface area contributed by atoms with Crippen molar-refractivity contribution in [2.45, 2.75) is 20.0 Å². The molecule has 4 rings (SSSR count). The minimum atomic E-state index is -0.318. The number of anilines is 5. The second kappa shape index (κ2) is 17.0. The lowest BCUT2D eigenvalue weighted by Gasteiger charge is -2.14. The van der Waals surface area contributed by atoms with Crippen molar-refractivity contribution < 1.29 is 18.7 Å². The first kappa shape index (κ1) is 32.4. The van der Waals surface area contributed by atoms with E-state index in [9.17, 15) is 9.18 Å². The number of amides is 1. The van der Waals surface area contributed by atoms with Gasteiger partial charge in [0.2, 0.25) is 5.91 Å². The minimum Gasteiger partial charge on any atom is -0.487 e. The van der Waals surface area contributed by atoms with Crippen LogP contribution in [0.2, 0.25) is 5.02 Å². The summed E-state index contributed by atoms with van der Waals surface area (Å²) in [7, 11) is 1.99. The number of halogens is 2. The summed E-state index contributed by atoms with van der Waals surface area (Å²) in [6, 6.07) is 20.6. The molecule has 0 bridgehead atoms. The van der Waals surface area contributed by atoms with Crippen LogP contribution in [0.3, 0.4) is 0 Å². The fourth-order valence-electron chi connectivity index (χ4n) is 4.03. The van der Waals surface area contributed by atoms with Crippen molar-refractivity contribution in [1.29, 1.82) is 0 Å². The van der Waals surface area contributed by atoms with E-state index in [0.29, 0.717) is 52.5 Å². The van der Waals surface area contributed by atoms with Crippen LogP contribution in [0.1, 0.15) is 18.9 Å². The Kier molecular flexibility index (Phi) is 12.5. The van der Waals surface area contributed by atoms with E-state index >= 15 is 0 Å². The van der Waals surface area contributed by atoms with Crippen molar-refractivity contribution >= 4 is 46.2 Å². The Morgan fingerprint density at radius 2 is 1.70 bits per heavy atom. The quantitative estimate of drug-likeness (QED) is 0.0896. The van der Waals surface area contributed by atoms with Gasteiger partial charge in [0.15, 0.2) is 0 Å². The van der Waals surface area contributed by atoms with Crippen LogP contribution >= 0.6 is 11.6 Å². The van der Waals surface area contributed by atoms with Gasteiger partial charge >= 0.3 is 0 Å². The smallest absolute Gasteiger partial charge is 0.248 e. The van der Waals surface area contributed by atoms with E-state index in [1.807, 2.05) is 43.5 Å². The highest BCUT2D eigenvalue weighted by Gasteiger charge is 2.07. The topological polar surface area (TPSA) is 101 Å². The van der Waals surface area contributed by atoms with E-state index in [1.54, 1.807) is 30.3 Å². The van der Waals surface area contributed by atoms with E-state index in [2.05, 4.69) is 37.7 Å². The molecular weight excluding hydrogens is 583 g/mol. The van der Waals surface area contributed by atoms with Gasteiger partial charge in [-0.25, -0.2) is 14.4 Å². The Morgan fingerprint density at radius 3 is 2.45 bits per heavy atom. The molecule has 0 aliphatic heterocycles. The van der Waals surface area contributed by atoms with Crippen molar-refractivity contribution in [2.24, 2.45) is 0 Å². The zero-order valence-electron chi connectivity index (χ0n) is 24.7. The predicted octanol–water partition coefficient (Wildman–Crippen LogP) is 7.19. The molecule has 230 valence electrons. The number of hydrogen-bond donors (Lipinski definition) is 3. The molecule has 0 aliphatic carbocycles. The first-order valence-electron chi connectivity index (χ1n) is 14.2. The summed E-state index contributed by atoms with van der Waals surface area (Å²) < 4.78 is 24.7. The molecule has 0 aliphatic rings. The molecule has 3 aromatic carbocycles. The van der Waals surface area contributed by atoms with Gasteiger partial charge in [-0.3, -0.25) is 4.79 Å². The van der Waals surface area contributed by atoms with Crippen LogP contribution in [0.15, 0.2) is 91.3 Å². The molecule has 4 aromatic rings. The van der Waals surface area contributed by atoms with E-state index in [4.69, 9.17) is 21.1 Å². The summed E-state index contributed by atoms with van der Waals surface area (Å²) in [5, 5.41) is 9.72. The summed E-state index contributed by atoms with van der Waals surface area (Å²) in [5.74, 6) is 1.05. The molecule has 0 fully saturated rings. The van der Waals surface area contributed by atoms with Gasteiger partial charge in [-0.1, -0.05) is 42.8 Å². The fraction of sp³-hybridized carbons (Fsp3) is 0.242. The lowest BCUT2D eigenvalue weighted by atomic mass is 10.2. The molecule has 44 heavy (non-hydrogen) atoms. The summed E-state index contributed by atoms with van der Waals surface area (Å²) in [4.78, 5) is 23.1. The normalized spacial score (nSPS) is 11.1. The van der Waals surface area contributed by atoms with Gasteiger partial charge in [-0.05, 0) is 67.6 Å². The molecule has 9 nitrogen and oxygen atoms in total. The number of benzene rings is 3. The van der Waals surface area contributed by atoms with Crippen LogP contribution in [-0.2, 0) is 16.1 Å². The van der Waals surface area contributed by atoms with Gasteiger partial charge < -0.3 is 30.3 Å². The third-order valence-corrected chi connectivity index (χ3v) is 6.50. The number of ether oxygens (including phenoxy) is 2. The van der Waals surface area contributed by atoms with Crippen LogP contribution < -0.4 is 20.7 Å². The number of aromatic nitrogens is 2. The molecule has 0 unspecified atom stereocenters. The maximum absolute atomic E-state index is 13.4. The van der Waals surface area contributed by atoms with Gasteiger partial charge in [0, 0.05) is 48.9 Å². The maximum Gasteiger partial charge on any atom is 0.248 e. The van der Waals surface area contributed by atoms with Gasteiger partial charge in [0.25, 0.3) is 0 Å². The van der Waals surface area contributed by atoms with Crippen LogP contribution in [0.25, 0.3) is 0 Å². The molecule has 0 atom stereocenters. The molecule has 1 aromatic heterocycles. The monoisotopic (exact) mass is 618 g/mol. The van der Waals surface area contributed by atoms with Crippen LogP contribution in [0.5, 0.6) is 5.75 Å². The highest BCUT2D eigenvalue weighted by Crippen LogP contribution is 2.30. The SMILES string of the molecule is CCCOCCN(C)CC=CC(=O)Nc1cccc(Nc2cc(Nc3ccc(OCc4cccc(F)c4)c(Cl)c3)ncn2)c1. The number of likely N-dealkylation sites (N-methyl/N-ethyl adjacent to an activating group) is 1. The van der Waals surface area contributed by atoms with E-state index in [1.165, 1.54) is 24.5 Å². The van der Waals surface area contributed by atoms with E-state index in [-0.39, 0.29) is 18.3 Å². The highest BCUT2D eigenvalue weighted by atomic mass is 35.5. The zero-order valence-corrected chi connectivity index (χ0v) is 25.5. The van der Waals surface area contributed by atoms with Crippen LogP contribution in [-0.4, -0.2) is 54.1 Å². The first-order chi connectivity index (χ1) is 21.4. The average Bonchev–Trinajstić information content (AvgIpc) is 2.99. The van der Waals surface area contributed by atoms with E-state index in [0.717, 1.165) is 25.3 Å². The number of carbonyl (C=O) groups is 1. The fourth-order valence-corrected chi connectivity index (χ4v) is 4.26. The molecule has 11 heteroatoms. The van der Waals surface area contributed by atoms with Gasteiger partial charge in [0.05, 0.1) is 11.6 Å². The highest BCUT2D eigenvalue weighted by molar-refractivity contribution is 6.32. The average molecular weight is 619 g/mol. The summed E-state index contributed by atoms with van der Waals surface area (Å²) >= 11 is 6.43. The van der Waals surface area contributed by atoms with Crippen molar-refractivity contribution in [1.82, 2.24) is 14.9 Å². The lowest BCUT2D eigenvalue weighted by molar-refractivity contribution is -0.111. The van der Waals surface area contributed by atoms with Gasteiger partial charge in [-0.2, -0.15) is 0 Å². The molecule has 3 N–H and O–H groups in total. The molecule has 0 radical (unpaired) electrons. The van der Waals surface area contributed by atoms with Crippen LogP contribution in [0, 0.1) is 5.82 Å². The molecule has 1 heterocycles. The number of carbonyl (C=O) groups excluding carboxylic acids is 1. The summed E-state index contributed by atoms with van der Waals surface area (Å²) in [6.45, 7) is 5.16. The number of nitrogens with zero attached hydrogens (tertiary/aromatic N) is 3. The molecule has 0 saturated heterocycles.